The molecule has 1 rings (SSSR count). The molecule has 0 bridgehead atoms. The molecule has 0 aromatic heterocycles. The molecular formula is C11H8F9N. The number of alkyl halides is 9. The first kappa shape index (κ1) is 17.6. The van der Waals surface area contributed by atoms with Crippen molar-refractivity contribution in [3.8, 4) is 0 Å². The minimum absolute atomic E-state index is 0.177. The molecule has 0 aliphatic rings. The van der Waals surface area contributed by atoms with Gasteiger partial charge in [-0.25, -0.2) is 0 Å². The van der Waals surface area contributed by atoms with Gasteiger partial charge in [0, 0.05) is 6.04 Å². The molecule has 0 aliphatic carbocycles. The highest BCUT2D eigenvalue weighted by atomic mass is 19.4. The van der Waals surface area contributed by atoms with Crippen molar-refractivity contribution in [2.24, 2.45) is 5.73 Å². The van der Waals surface area contributed by atoms with Crippen LogP contribution in [-0.4, -0.2) is 6.18 Å². The molecule has 1 aromatic carbocycles. The largest absolute Gasteiger partial charge is 0.416 e. The molecule has 0 saturated carbocycles. The van der Waals surface area contributed by atoms with Crippen LogP contribution < -0.4 is 5.73 Å². The third-order valence-corrected chi connectivity index (χ3v) is 2.49. The minimum atomic E-state index is -5.13. The fourth-order valence-corrected chi connectivity index (χ4v) is 1.56. The summed E-state index contributed by atoms with van der Waals surface area (Å²) in [5, 5.41) is 0. The summed E-state index contributed by atoms with van der Waals surface area (Å²) in [4.78, 5) is 0. The SMILES string of the molecule is N[C@@H](CC(F)(F)F)c1cc(C(F)(F)F)cc(C(F)(F)F)c1. The molecule has 1 atom stereocenters. The van der Waals surface area contributed by atoms with Gasteiger partial charge in [0.15, 0.2) is 0 Å². The Labute approximate surface area is 112 Å². The van der Waals surface area contributed by atoms with Gasteiger partial charge in [0.2, 0.25) is 0 Å². The Kier molecular flexibility index (Phi) is 4.52. The summed E-state index contributed by atoms with van der Waals surface area (Å²) >= 11 is 0. The van der Waals surface area contributed by atoms with Crippen molar-refractivity contribution in [3.63, 3.8) is 0 Å². The van der Waals surface area contributed by atoms with E-state index in [9.17, 15) is 39.5 Å². The van der Waals surface area contributed by atoms with E-state index >= 15 is 0 Å². The normalized spacial score (nSPS) is 15.1. The van der Waals surface area contributed by atoms with Crippen LogP contribution >= 0.6 is 0 Å². The van der Waals surface area contributed by atoms with Gasteiger partial charge in [-0.15, -0.1) is 0 Å². The Hall–Kier alpha value is -1.45. The molecule has 0 heterocycles. The average Bonchev–Trinajstić information content (AvgIpc) is 2.23. The molecule has 0 unspecified atom stereocenters. The van der Waals surface area contributed by atoms with Crippen LogP contribution in [0.4, 0.5) is 39.5 Å². The van der Waals surface area contributed by atoms with Crippen LogP contribution in [0.3, 0.4) is 0 Å². The van der Waals surface area contributed by atoms with Crippen molar-refractivity contribution < 1.29 is 39.5 Å². The predicted molar refractivity (Wildman–Crippen MR) is 54.0 cm³/mol. The molecule has 1 nitrogen and oxygen atoms in total. The van der Waals surface area contributed by atoms with Gasteiger partial charge in [-0.2, -0.15) is 39.5 Å². The zero-order chi connectivity index (χ0) is 16.6. The zero-order valence-corrected chi connectivity index (χ0v) is 10.00. The first-order valence-electron chi connectivity index (χ1n) is 5.32. The topological polar surface area (TPSA) is 26.0 Å². The number of hydrogen-bond donors (Lipinski definition) is 1. The highest BCUT2D eigenvalue weighted by Gasteiger charge is 2.38. The van der Waals surface area contributed by atoms with E-state index in [2.05, 4.69) is 0 Å². The van der Waals surface area contributed by atoms with Crippen LogP contribution in [0.2, 0.25) is 0 Å². The quantitative estimate of drug-likeness (QED) is 0.785. The maximum atomic E-state index is 12.5. The molecule has 21 heavy (non-hydrogen) atoms. The van der Waals surface area contributed by atoms with Crippen LogP contribution in [0.15, 0.2) is 18.2 Å². The van der Waals surface area contributed by atoms with Crippen molar-refractivity contribution in [1.29, 1.82) is 0 Å². The lowest BCUT2D eigenvalue weighted by Crippen LogP contribution is -2.22. The van der Waals surface area contributed by atoms with Gasteiger partial charge < -0.3 is 5.73 Å². The number of nitrogens with two attached hydrogens (primary N) is 1. The first-order valence-corrected chi connectivity index (χ1v) is 5.32. The van der Waals surface area contributed by atoms with E-state index in [1.54, 1.807) is 0 Å². The summed E-state index contributed by atoms with van der Waals surface area (Å²) in [6.45, 7) is 0. The molecule has 0 aliphatic heterocycles. The van der Waals surface area contributed by atoms with Gasteiger partial charge in [-0.05, 0) is 23.8 Å². The highest BCUT2D eigenvalue weighted by molar-refractivity contribution is 5.35. The average molecular weight is 325 g/mol. The van der Waals surface area contributed by atoms with E-state index in [1.165, 1.54) is 0 Å². The van der Waals surface area contributed by atoms with Crippen molar-refractivity contribution in [3.05, 3.63) is 34.9 Å². The summed E-state index contributed by atoms with van der Waals surface area (Å²) in [6, 6.07) is -1.82. The van der Waals surface area contributed by atoms with Gasteiger partial charge in [-0.1, -0.05) is 0 Å². The maximum absolute atomic E-state index is 12.5. The molecule has 10 heteroatoms. The molecule has 0 radical (unpaired) electrons. The Bertz CT molecular complexity index is 466. The van der Waals surface area contributed by atoms with Crippen molar-refractivity contribution in [1.82, 2.24) is 0 Å². The van der Waals surface area contributed by atoms with Crippen molar-refractivity contribution in [2.45, 2.75) is 31.0 Å². The monoisotopic (exact) mass is 325 g/mol. The molecule has 0 saturated heterocycles. The van der Waals surface area contributed by atoms with Gasteiger partial charge in [-0.3, -0.25) is 0 Å². The van der Waals surface area contributed by atoms with Crippen LogP contribution in [0.25, 0.3) is 0 Å². The summed E-state index contributed by atoms with van der Waals surface area (Å²) in [6.07, 6.45) is -16.8. The number of benzene rings is 1. The Morgan fingerprint density at radius 1 is 0.762 bits per heavy atom. The molecule has 0 fully saturated rings. The van der Waals surface area contributed by atoms with E-state index in [0.717, 1.165) is 0 Å². The van der Waals surface area contributed by atoms with Crippen LogP contribution in [0.1, 0.15) is 29.2 Å². The molecule has 0 amide bonds. The van der Waals surface area contributed by atoms with Gasteiger partial charge in [0.25, 0.3) is 0 Å². The standard InChI is InChI=1S/C11H8F9N/c12-9(13,14)4-8(21)5-1-6(10(15,16)17)3-7(2-5)11(18,19)20/h1-3,8H,4,21H2/t8-/m0/s1. The summed E-state index contributed by atoms with van der Waals surface area (Å²) < 4.78 is 111. The first-order chi connectivity index (χ1) is 9.20. The predicted octanol–water partition coefficient (Wildman–Crippen LogP) is 4.68. The summed E-state index contributed by atoms with van der Waals surface area (Å²) in [7, 11) is 0. The van der Waals surface area contributed by atoms with Crippen molar-refractivity contribution >= 4 is 0 Å². The third kappa shape index (κ3) is 5.10. The second-order valence-electron chi connectivity index (χ2n) is 4.27. The molecule has 120 valence electrons. The fraction of sp³-hybridized carbons (Fsp3) is 0.455. The van der Waals surface area contributed by atoms with Gasteiger partial charge in [0.1, 0.15) is 0 Å². The molecular weight excluding hydrogens is 317 g/mol. The molecule has 2 N–H and O–H groups in total. The van der Waals surface area contributed by atoms with Gasteiger partial charge in [0.05, 0.1) is 17.5 Å². The third-order valence-electron chi connectivity index (χ3n) is 2.49. The van der Waals surface area contributed by atoms with Gasteiger partial charge >= 0.3 is 18.5 Å². The Balaban J connectivity index is 3.32. The molecule has 0 spiro atoms. The van der Waals surface area contributed by atoms with Crippen LogP contribution in [-0.2, 0) is 12.4 Å². The smallest absolute Gasteiger partial charge is 0.324 e. The second-order valence-corrected chi connectivity index (χ2v) is 4.27. The minimum Gasteiger partial charge on any atom is -0.324 e. The fourth-order valence-electron chi connectivity index (χ4n) is 1.56. The lowest BCUT2D eigenvalue weighted by atomic mass is 9.98. The number of halogens is 9. The summed E-state index contributed by atoms with van der Waals surface area (Å²) in [5.41, 5.74) is 0.763. The van der Waals surface area contributed by atoms with E-state index in [4.69, 9.17) is 5.73 Å². The van der Waals surface area contributed by atoms with Crippen molar-refractivity contribution in [2.75, 3.05) is 0 Å². The number of hydrogen-bond acceptors (Lipinski definition) is 1. The van der Waals surface area contributed by atoms with E-state index in [-0.39, 0.29) is 18.2 Å². The van der Waals surface area contributed by atoms with E-state index in [1.807, 2.05) is 0 Å². The van der Waals surface area contributed by atoms with E-state index < -0.39 is 47.7 Å². The Morgan fingerprint density at radius 3 is 1.43 bits per heavy atom. The lowest BCUT2D eigenvalue weighted by molar-refractivity contribution is -0.143. The lowest BCUT2D eigenvalue weighted by Gasteiger charge is -2.18. The second kappa shape index (κ2) is 5.39. The summed E-state index contributed by atoms with van der Waals surface area (Å²) in [5.74, 6) is 0. The Morgan fingerprint density at radius 2 is 1.14 bits per heavy atom. The van der Waals surface area contributed by atoms with Crippen LogP contribution in [0, 0.1) is 0 Å². The molecule has 1 aromatic rings. The highest BCUT2D eigenvalue weighted by Crippen LogP contribution is 2.38. The maximum Gasteiger partial charge on any atom is 0.416 e. The van der Waals surface area contributed by atoms with Crippen LogP contribution in [0.5, 0.6) is 0 Å². The van der Waals surface area contributed by atoms with E-state index in [0.29, 0.717) is 0 Å². The zero-order valence-electron chi connectivity index (χ0n) is 10.00. The number of rotatable bonds is 2.